The Hall–Kier alpha value is -3.67. The molecule has 0 aliphatic carbocycles. The first-order valence-electron chi connectivity index (χ1n) is 9.74. The summed E-state index contributed by atoms with van der Waals surface area (Å²) in [6, 6.07) is 20.6. The third-order valence-corrected chi connectivity index (χ3v) is 4.98. The highest BCUT2D eigenvalue weighted by Crippen LogP contribution is 2.36. The lowest BCUT2D eigenvalue weighted by molar-refractivity contribution is -0.125. The molecule has 30 heavy (non-hydrogen) atoms. The van der Waals surface area contributed by atoms with Crippen molar-refractivity contribution in [1.29, 1.82) is 0 Å². The third-order valence-electron chi connectivity index (χ3n) is 4.98. The van der Waals surface area contributed by atoms with Gasteiger partial charge in [-0.1, -0.05) is 36.4 Å². The molecule has 0 saturated heterocycles. The lowest BCUT2D eigenvalue weighted by Crippen LogP contribution is -2.45. The van der Waals surface area contributed by atoms with Gasteiger partial charge in [0.25, 0.3) is 11.8 Å². The molecular weight excluding hydrogens is 383 g/mol. The van der Waals surface area contributed by atoms with E-state index in [4.69, 9.17) is 4.74 Å². The molecule has 0 bridgehead atoms. The summed E-state index contributed by atoms with van der Waals surface area (Å²) in [5.41, 5.74) is 2.54. The first-order chi connectivity index (χ1) is 14.5. The summed E-state index contributed by atoms with van der Waals surface area (Å²) in [6.07, 6.45) is 0.0963. The second kappa shape index (κ2) is 8.37. The van der Waals surface area contributed by atoms with E-state index in [0.717, 1.165) is 12.0 Å². The maximum absolute atomic E-state index is 13.4. The zero-order chi connectivity index (χ0) is 21.1. The standard InChI is InChI=1S/C24H21FN2O3/c1-16-24(29)27(13-12-17-6-3-2-4-7-17)21-11-10-20(15-22(21)30-16)26-23(28)18-8-5-9-19(25)14-18/h2-11,14-16H,12-13H2,1H3,(H,26,28). The molecule has 1 unspecified atom stereocenters. The molecule has 0 spiro atoms. The molecule has 1 aliphatic heterocycles. The van der Waals surface area contributed by atoms with Gasteiger partial charge in [-0.15, -0.1) is 0 Å². The number of benzene rings is 3. The molecule has 0 aromatic heterocycles. The molecule has 3 aromatic carbocycles. The van der Waals surface area contributed by atoms with Crippen molar-refractivity contribution in [2.24, 2.45) is 0 Å². The molecule has 2 amide bonds. The van der Waals surface area contributed by atoms with E-state index in [0.29, 0.717) is 23.7 Å². The minimum atomic E-state index is -0.623. The van der Waals surface area contributed by atoms with Crippen molar-refractivity contribution in [2.45, 2.75) is 19.4 Å². The van der Waals surface area contributed by atoms with Gasteiger partial charge in [0.05, 0.1) is 5.69 Å². The average Bonchev–Trinajstić information content (AvgIpc) is 2.75. The quantitative estimate of drug-likeness (QED) is 0.684. The van der Waals surface area contributed by atoms with Crippen molar-refractivity contribution in [3.8, 4) is 5.75 Å². The van der Waals surface area contributed by atoms with Crippen LogP contribution < -0.4 is 15.0 Å². The van der Waals surface area contributed by atoms with Gasteiger partial charge in [0.15, 0.2) is 6.10 Å². The van der Waals surface area contributed by atoms with Crippen LogP contribution in [0.4, 0.5) is 15.8 Å². The number of carbonyl (C=O) groups is 2. The topological polar surface area (TPSA) is 58.6 Å². The highest BCUT2D eigenvalue weighted by molar-refractivity contribution is 6.05. The highest BCUT2D eigenvalue weighted by atomic mass is 19.1. The number of hydrogen-bond acceptors (Lipinski definition) is 3. The van der Waals surface area contributed by atoms with E-state index in [9.17, 15) is 14.0 Å². The number of hydrogen-bond donors (Lipinski definition) is 1. The van der Waals surface area contributed by atoms with Gasteiger partial charge in [-0.25, -0.2) is 4.39 Å². The molecule has 1 aliphatic rings. The van der Waals surface area contributed by atoms with Crippen molar-refractivity contribution in [1.82, 2.24) is 0 Å². The summed E-state index contributed by atoms with van der Waals surface area (Å²) < 4.78 is 19.1. The van der Waals surface area contributed by atoms with Crippen molar-refractivity contribution in [2.75, 3.05) is 16.8 Å². The maximum atomic E-state index is 13.4. The highest BCUT2D eigenvalue weighted by Gasteiger charge is 2.31. The number of anilines is 2. The Morgan fingerprint density at radius 3 is 2.63 bits per heavy atom. The monoisotopic (exact) mass is 404 g/mol. The summed E-state index contributed by atoms with van der Waals surface area (Å²) in [7, 11) is 0. The number of amides is 2. The van der Waals surface area contributed by atoms with Crippen LogP contribution >= 0.6 is 0 Å². The smallest absolute Gasteiger partial charge is 0.267 e. The largest absolute Gasteiger partial charge is 0.479 e. The molecule has 0 saturated carbocycles. The van der Waals surface area contributed by atoms with E-state index in [1.54, 1.807) is 36.1 Å². The number of nitrogens with zero attached hydrogens (tertiary/aromatic N) is 1. The fraction of sp³-hybridized carbons (Fsp3) is 0.167. The minimum absolute atomic E-state index is 0.102. The molecular formula is C24H21FN2O3. The van der Waals surface area contributed by atoms with Crippen LogP contribution in [-0.4, -0.2) is 24.5 Å². The van der Waals surface area contributed by atoms with Crippen molar-refractivity contribution in [3.05, 3.63) is 89.7 Å². The number of rotatable bonds is 5. The fourth-order valence-electron chi connectivity index (χ4n) is 3.44. The van der Waals surface area contributed by atoms with Crippen LogP contribution in [0.1, 0.15) is 22.8 Å². The van der Waals surface area contributed by atoms with E-state index in [2.05, 4.69) is 5.32 Å². The lowest BCUT2D eigenvalue weighted by Gasteiger charge is -2.33. The van der Waals surface area contributed by atoms with Crippen LogP contribution in [0.3, 0.4) is 0 Å². The molecule has 1 heterocycles. The zero-order valence-corrected chi connectivity index (χ0v) is 16.5. The van der Waals surface area contributed by atoms with Crippen LogP contribution in [0.25, 0.3) is 0 Å². The molecule has 1 atom stereocenters. The maximum Gasteiger partial charge on any atom is 0.267 e. The van der Waals surface area contributed by atoms with E-state index >= 15 is 0 Å². The Kier molecular flexibility index (Phi) is 5.48. The van der Waals surface area contributed by atoms with E-state index in [1.165, 1.54) is 18.2 Å². The van der Waals surface area contributed by atoms with Crippen LogP contribution in [0, 0.1) is 5.82 Å². The van der Waals surface area contributed by atoms with Crippen molar-refractivity contribution in [3.63, 3.8) is 0 Å². The summed E-state index contributed by atoms with van der Waals surface area (Å²) in [5.74, 6) is -0.477. The van der Waals surface area contributed by atoms with Gasteiger partial charge in [0.2, 0.25) is 0 Å². The Morgan fingerprint density at radius 2 is 1.87 bits per heavy atom. The van der Waals surface area contributed by atoms with E-state index in [1.807, 2.05) is 30.3 Å². The van der Waals surface area contributed by atoms with Gasteiger partial charge in [-0.2, -0.15) is 0 Å². The zero-order valence-electron chi connectivity index (χ0n) is 16.5. The summed E-state index contributed by atoms with van der Waals surface area (Å²) in [5, 5.41) is 2.75. The molecule has 3 aromatic rings. The molecule has 1 N–H and O–H groups in total. The van der Waals surface area contributed by atoms with Gasteiger partial charge < -0.3 is 15.0 Å². The summed E-state index contributed by atoms with van der Waals surface area (Å²) >= 11 is 0. The van der Waals surface area contributed by atoms with Crippen molar-refractivity contribution < 1.29 is 18.7 Å². The molecule has 0 radical (unpaired) electrons. The Balaban J connectivity index is 1.54. The van der Waals surface area contributed by atoms with Crippen LogP contribution in [-0.2, 0) is 11.2 Å². The summed E-state index contributed by atoms with van der Waals surface area (Å²) in [4.78, 5) is 26.8. The van der Waals surface area contributed by atoms with Gasteiger partial charge in [0, 0.05) is 23.9 Å². The SMILES string of the molecule is CC1Oc2cc(NC(=O)c3cccc(F)c3)ccc2N(CCc2ccccc2)C1=O. The number of fused-ring (bicyclic) bond motifs is 1. The molecule has 6 heteroatoms. The fourth-order valence-corrected chi connectivity index (χ4v) is 3.44. The van der Waals surface area contributed by atoms with Crippen LogP contribution in [0.15, 0.2) is 72.8 Å². The average molecular weight is 404 g/mol. The van der Waals surface area contributed by atoms with Gasteiger partial charge in [0.1, 0.15) is 11.6 Å². The normalized spacial score (nSPS) is 15.3. The predicted molar refractivity (Wildman–Crippen MR) is 113 cm³/mol. The first kappa shape index (κ1) is 19.6. The molecule has 5 nitrogen and oxygen atoms in total. The second-order valence-corrected chi connectivity index (χ2v) is 7.13. The van der Waals surface area contributed by atoms with Crippen molar-refractivity contribution >= 4 is 23.2 Å². The van der Waals surface area contributed by atoms with Gasteiger partial charge in [-0.3, -0.25) is 9.59 Å². The number of ether oxygens (including phenoxy) is 1. The minimum Gasteiger partial charge on any atom is -0.479 e. The van der Waals surface area contributed by atoms with Crippen LogP contribution in [0.5, 0.6) is 5.75 Å². The number of carbonyl (C=O) groups excluding carboxylic acids is 2. The number of nitrogens with one attached hydrogen (secondary N) is 1. The van der Waals surface area contributed by atoms with Gasteiger partial charge in [-0.05, 0) is 49.2 Å². The lowest BCUT2D eigenvalue weighted by atomic mass is 10.1. The molecule has 0 fully saturated rings. The number of halogens is 1. The Labute approximate surface area is 174 Å². The first-order valence-corrected chi connectivity index (χ1v) is 9.74. The second-order valence-electron chi connectivity index (χ2n) is 7.13. The summed E-state index contributed by atoms with van der Waals surface area (Å²) in [6.45, 7) is 2.23. The third kappa shape index (κ3) is 4.17. The van der Waals surface area contributed by atoms with Gasteiger partial charge >= 0.3 is 0 Å². The Morgan fingerprint density at radius 1 is 1.07 bits per heavy atom. The predicted octanol–water partition coefficient (Wildman–Crippen LogP) is 4.43. The Bertz CT molecular complexity index is 1080. The van der Waals surface area contributed by atoms with E-state index < -0.39 is 17.8 Å². The van der Waals surface area contributed by atoms with Crippen LogP contribution in [0.2, 0.25) is 0 Å². The molecule has 152 valence electrons. The van der Waals surface area contributed by atoms with E-state index in [-0.39, 0.29) is 11.5 Å². The molecule has 4 rings (SSSR count).